The van der Waals surface area contributed by atoms with Gasteiger partial charge in [-0.3, -0.25) is 4.79 Å². The second kappa shape index (κ2) is 6.06. The molecule has 0 radical (unpaired) electrons. The molecule has 2 aromatic rings. The summed E-state index contributed by atoms with van der Waals surface area (Å²) in [6, 6.07) is 10.00. The zero-order chi connectivity index (χ0) is 13.8. The number of benzene rings is 1. The Kier molecular flexibility index (Phi) is 4.43. The second-order valence-corrected chi connectivity index (χ2v) is 5.38. The van der Waals surface area contributed by atoms with Gasteiger partial charge < -0.3 is 9.88 Å². The van der Waals surface area contributed by atoms with Gasteiger partial charge in [0.2, 0.25) is 0 Å². The van der Waals surface area contributed by atoms with Gasteiger partial charge in [-0.05, 0) is 39.5 Å². The molecule has 19 heavy (non-hydrogen) atoms. The third kappa shape index (κ3) is 3.26. The molecule has 0 aliphatic rings. The normalized spacial score (nSPS) is 10.5. The van der Waals surface area contributed by atoms with Crippen LogP contribution in [0.2, 0.25) is 0 Å². The minimum absolute atomic E-state index is 0.0564. The third-order valence-electron chi connectivity index (χ3n) is 3.14. The molecule has 4 heteroatoms. The molecule has 0 spiro atoms. The van der Waals surface area contributed by atoms with E-state index in [0.717, 1.165) is 10.9 Å². The van der Waals surface area contributed by atoms with E-state index in [1.165, 1.54) is 11.1 Å². The Labute approximate surface area is 121 Å². The number of nitrogens with zero attached hydrogens (tertiary/aromatic N) is 1. The van der Waals surface area contributed by atoms with Crippen molar-refractivity contribution in [1.82, 2.24) is 9.88 Å². The minimum Gasteiger partial charge on any atom is -0.347 e. The second-order valence-electron chi connectivity index (χ2n) is 4.46. The molecule has 1 heterocycles. The van der Waals surface area contributed by atoms with Gasteiger partial charge in [-0.1, -0.05) is 31.2 Å². The van der Waals surface area contributed by atoms with Gasteiger partial charge in [0, 0.05) is 24.3 Å². The Balaban J connectivity index is 2.06. The zero-order valence-corrected chi connectivity index (χ0v) is 12.7. The van der Waals surface area contributed by atoms with E-state index < -0.39 is 0 Å². The predicted octanol–water partition coefficient (Wildman–Crippen LogP) is 3.28. The lowest BCUT2D eigenvalue weighted by atomic mass is 10.1. The maximum Gasteiger partial charge on any atom is 0.268 e. The quantitative estimate of drug-likeness (QED) is 0.921. The van der Waals surface area contributed by atoms with Crippen molar-refractivity contribution in [1.29, 1.82) is 0 Å². The average molecular weight is 321 g/mol. The van der Waals surface area contributed by atoms with Crippen molar-refractivity contribution in [2.45, 2.75) is 19.9 Å². The Morgan fingerprint density at radius 3 is 2.58 bits per heavy atom. The summed E-state index contributed by atoms with van der Waals surface area (Å²) in [5, 5.41) is 2.96. The Morgan fingerprint density at radius 2 is 2.00 bits per heavy atom. The molecule has 1 amide bonds. The van der Waals surface area contributed by atoms with Gasteiger partial charge in [0.05, 0.1) is 0 Å². The number of rotatable bonds is 4. The van der Waals surface area contributed by atoms with Crippen molar-refractivity contribution in [2.24, 2.45) is 7.05 Å². The molecular weight excluding hydrogens is 304 g/mol. The molecule has 100 valence electrons. The molecule has 2 rings (SSSR count). The van der Waals surface area contributed by atoms with Crippen LogP contribution in [0.1, 0.15) is 28.5 Å². The largest absolute Gasteiger partial charge is 0.347 e. The summed E-state index contributed by atoms with van der Waals surface area (Å²) >= 11 is 3.37. The highest BCUT2D eigenvalue weighted by molar-refractivity contribution is 9.10. The highest BCUT2D eigenvalue weighted by Crippen LogP contribution is 2.14. The van der Waals surface area contributed by atoms with Crippen LogP contribution in [-0.4, -0.2) is 10.5 Å². The van der Waals surface area contributed by atoms with E-state index in [1.54, 1.807) is 0 Å². The molecular formula is C15H17BrN2O. The molecule has 1 N–H and O–H groups in total. The summed E-state index contributed by atoms with van der Waals surface area (Å²) in [5.41, 5.74) is 3.10. The van der Waals surface area contributed by atoms with Crippen molar-refractivity contribution in [3.63, 3.8) is 0 Å². The standard InChI is InChI=1S/C15H17BrN2O/c1-3-11-6-4-5-7-12(11)9-17-15(19)14-8-13(16)10-18(14)2/h4-8,10H,3,9H2,1-2H3,(H,17,19). The van der Waals surface area contributed by atoms with Gasteiger partial charge >= 0.3 is 0 Å². The molecule has 1 aromatic carbocycles. The Hall–Kier alpha value is -1.55. The molecule has 1 aromatic heterocycles. The predicted molar refractivity (Wildman–Crippen MR) is 80.1 cm³/mol. The Bertz CT molecular complexity index is 590. The topological polar surface area (TPSA) is 34.0 Å². The van der Waals surface area contributed by atoms with E-state index in [4.69, 9.17) is 0 Å². The van der Waals surface area contributed by atoms with E-state index in [2.05, 4.69) is 40.3 Å². The maximum atomic E-state index is 12.1. The molecule has 0 atom stereocenters. The highest BCUT2D eigenvalue weighted by Gasteiger charge is 2.11. The number of hydrogen-bond donors (Lipinski definition) is 1. The molecule has 0 saturated heterocycles. The van der Waals surface area contributed by atoms with Crippen LogP contribution < -0.4 is 5.32 Å². The summed E-state index contributed by atoms with van der Waals surface area (Å²) in [6.07, 6.45) is 2.84. The van der Waals surface area contributed by atoms with Crippen LogP contribution in [0.15, 0.2) is 41.0 Å². The van der Waals surface area contributed by atoms with Crippen LogP contribution >= 0.6 is 15.9 Å². The highest BCUT2D eigenvalue weighted by atomic mass is 79.9. The van der Waals surface area contributed by atoms with E-state index in [1.807, 2.05) is 36.0 Å². The van der Waals surface area contributed by atoms with Crippen molar-refractivity contribution >= 4 is 21.8 Å². The number of carbonyl (C=O) groups excluding carboxylic acids is 1. The molecule has 0 aliphatic carbocycles. The van der Waals surface area contributed by atoms with Gasteiger partial charge in [0.25, 0.3) is 5.91 Å². The number of aromatic nitrogens is 1. The van der Waals surface area contributed by atoms with Crippen LogP contribution in [0.5, 0.6) is 0 Å². The molecule has 0 saturated carbocycles. The summed E-state index contributed by atoms with van der Waals surface area (Å²) < 4.78 is 2.72. The smallest absolute Gasteiger partial charge is 0.268 e. The monoisotopic (exact) mass is 320 g/mol. The number of amides is 1. The van der Waals surface area contributed by atoms with E-state index in [-0.39, 0.29) is 5.91 Å². The van der Waals surface area contributed by atoms with Gasteiger partial charge in [0.1, 0.15) is 5.69 Å². The zero-order valence-electron chi connectivity index (χ0n) is 11.1. The summed E-state index contributed by atoms with van der Waals surface area (Å²) in [5.74, 6) is -0.0564. The van der Waals surface area contributed by atoms with Crippen molar-refractivity contribution < 1.29 is 4.79 Å². The SMILES string of the molecule is CCc1ccccc1CNC(=O)c1cc(Br)cn1C. The first kappa shape index (κ1) is 13.9. The van der Waals surface area contributed by atoms with Gasteiger partial charge in [0.15, 0.2) is 0 Å². The van der Waals surface area contributed by atoms with Crippen LogP contribution in [-0.2, 0) is 20.0 Å². The summed E-state index contributed by atoms with van der Waals surface area (Å²) in [6.45, 7) is 2.68. The first-order valence-corrected chi connectivity index (χ1v) is 7.08. The van der Waals surface area contributed by atoms with Crippen molar-refractivity contribution in [3.05, 3.63) is 57.8 Å². The maximum absolute atomic E-state index is 12.1. The lowest BCUT2D eigenvalue weighted by Gasteiger charge is -2.09. The lowest BCUT2D eigenvalue weighted by molar-refractivity contribution is 0.0942. The fourth-order valence-corrected chi connectivity index (χ4v) is 2.61. The third-order valence-corrected chi connectivity index (χ3v) is 3.58. The Morgan fingerprint density at radius 1 is 1.32 bits per heavy atom. The summed E-state index contributed by atoms with van der Waals surface area (Å²) in [4.78, 5) is 12.1. The summed E-state index contributed by atoms with van der Waals surface area (Å²) in [7, 11) is 1.86. The van der Waals surface area contributed by atoms with E-state index in [0.29, 0.717) is 12.2 Å². The van der Waals surface area contributed by atoms with Gasteiger partial charge in [-0.15, -0.1) is 0 Å². The number of hydrogen-bond acceptors (Lipinski definition) is 1. The minimum atomic E-state index is -0.0564. The number of aryl methyl sites for hydroxylation is 2. The molecule has 0 aliphatic heterocycles. The van der Waals surface area contributed by atoms with Crippen LogP contribution in [0.25, 0.3) is 0 Å². The first-order chi connectivity index (χ1) is 9.11. The van der Waals surface area contributed by atoms with Gasteiger partial charge in [-0.2, -0.15) is 0 Å². The average Bonchev–Trinajstić information content (AvgIpc) is 2.75. The first-order valence-electron chi connectivity index (χ1n) is 6.28. The van der Waals surface area contributed by atoms with Crippen LogP contribution in [0.3, 0.4) is 0 Å². The molecule has 3 nitrogen and oxygen atoms in total. The fraction of sp³-hybridized carbons (Fsp3) is 0.267. The molecule has 0 unspecified atom stereocenters. The van der Waals surface area contributed by atoms with Crippen LogP contribution in [0, 0.1) is 0 Å². The number of halogens is 1. The van der Waals surface area contributed by atoms with E-state index in [9.17, 15) is 4.79 Å². The molecule has 0 fully saturated rings. The number of nitrogens with one attached hydrogen (secondary N) is 1. The van der Waals surface area contributed by atoms with Crippen molar-refractivity contribution in [2.75, 3.05) is 0 Å². The van der Waals surface area contributed by atoms with Crippen molar-refractivity contribution in [3.8, 4) is 0 Å². The lowest BCUT2D eigenvalue weighted by Crippen LogP contribution is -2.25. The number of carbonyl (C=O) groups is 1. The molecule has 0 bridgehead atoms. The van der Waals surface area contributed by atoms with E-state index >= 15 is 0 Å². The van der Waals surface area contributed by atoms with Crippen LogP contribution in [0.4, 0.5) is 0 Å². The van der Waals surface area contributed by atoms with Gasteiger partial charge in [-0.25, -0.2) is 0 Å². The fourth-order valence-electron chi connectivity index (χ4n) is 2.09.